The van der Waals surface area contributed by atoms with Crippen LogP contribution in [0.2, 0.25) is 0 Å². The summed E-state index contributed by atoms with van der Waals surface area (Å²) >= 11 is 0. The lowest BCUT2D eigenvalue weighted by molar-refractivity contribution is -0.138. The van der Waals surface area contributed by atoms with E-state index in [2.05, 4.69) is 9.97 Å². The van der Waals surface area contributed by atoms with Gasteiger partial charge in [-0.1, -0.05) is 11.6 Å². The Labute approximate surface area is 110 Å². The van der Waals surface area contributed by atoms with E-state index in [4.69, 9.17) is 0 Å². The quantitative estimate of drug-likeness (QED) is 0.891. The summed E-state index contributed by atoms with van der Waals surface area (Å²) < 4.78 is 0. The van der Waals surface area contributed by atoms with Gasteiger partial charge in [-0.3, -0.25) is 0 Å². The van der Waals surface area contributed by atoms with Crippen molar-refractivity contribution in [3.05, 3.63) is 30.1 Å². The molecule has 1 saturated heterocycles. The molecule has 5 heteroatoms. The Bertz CT molecular complexity index is 642. The van der Waals surface area contributed by atoms with Crippen LogP contribution in [-0.4, -0.2) is 33.6 Å². The minimum Gasteiger partial charge on any atom is -0.480 e. The molecule has 0 amide bonds. The van der Waals surface area contributed by atoms with Crippen LogP contribution in [0.15, 0.2) is 24.5 Å². The largest absolute Gasteiger partial charge is 0.480 e. The molecule has 0 bridgehead atoms. The first-order chi connectivity index (χ1) is 9.16. The number of aliphatic carboxylic acids is 1. The van der Waals surface area contributed by atoms with E-state index >= 15 is 0 Å². The fourth-order valence-corrected chi connectivity index (χ4v) is 2.66. The van der Waals surface area contributed by atoms with Gasteiger partial charge >= 0.3 is 5.97 Å². The molecule has 0 spiro atoms. The first-order valence-corrected chi connectivity index (χ1v) is 6.37. The van der Waals surface area contributed by atoms with E-state index in [9.17, 15) is 9.90 Å². The lowest BCUT2D eigenvalue weighted by Crippen LogP contribution is -2.36. The second-order valence-electron chi connectivity index (χ2n) is 4.91. The van der Waals surface area contributed by atoms with Crippen LogP contribution in [0.1, 0.15) is 18.4 Å². The highest BCUT2D eigenvalue weighted by atomic mass is 16.4. The Morgan fingerprint density at radius 3 is 3.05 bits per heavy atom. The zero-order valence-electron chi connectivity index (χ0n) is 10.7. The predicted octanol–water partition coefficient (Wildman–Crippen LogP) is 1.99. The average Bonchev–Trinajstić information content (AvgIpc) is 2.87. The van der Waals surface area contributed by atoms with Gasteiger partial charge in [0, 0.05) is 11.9 Å². The third-order valence-corrected chi connectivity index (χ3v) is 3.58. The molecule has 1 aromatic carbocycles. The number of aromatic nitrogens is 2. The van der Waals surface area contributed by atoms with Gasteiger partial charge in [-0.05, 0) is 31.9 Å². The third kappa shape index (κ3) is 2.01. The molecule has 1 unspecified atom stereocenters. The normalized spacial score (nSPS) is 19.0. The molecule has 1 aliphatic heterocycles. The highest BCUT2D eigenvalue weighted by Crippen LogP contribution is 2.30. The molecule has 0 aliphatic carbocycles. The topological polar surface area (TPSA) is 66.3 Å². The van der Waals surface area contributed by atoms with Gasteiger partial charge in [-0.15, -0.1) is 0 Å². The molecule has 98 valence electrons. The van der Waals surface area contributed by atoms with Gasteiger partial charge < -0.3 is 10.0 Å². The lowest BCUT2D eigenvalue weighted by atomic mass is 10.1. The first-order valence-electron chi connectivity index (χ1n) is 6.37. The van der Waals surface area contributed by atoms with Crippen LogP contribution < -0.4 is 4.90 Å². The van der Waals surface area contributed by atoms with E-state index in [-0.39, 0.29) is 0 Å². The Hall–Kier alpha value is -2.17. The summed E-state index contributed by atoms with van der Waals surface area (Å²) in [6.45, 7) is 2.74. The van der Waals surface area contributed by atoms with E-state index in [0.717, 1.165) is 35.2 Å². The van der Waals surface area contributed by atoms with Crippen LogP contribution in [0.25, 0.3) is 10.9 Å². The van der Waals surface area contributed by atoms with Crippen molar-refractivity contribution in [3.8, 4) is 0 Å². The summed E-state index contributed by atoms with van der Waals surface area (Å²) in [7, 11) is 0. The van der Waals surface area contributed by atoms with E-state index in [0.29, 0.717) is 6.42 Å². The number of benzene rings is 1. The maximum absolute atomic E-state index is 11.3. The molecule has 1 aliphatic rings. The van der Waals surface area contributed by atoms with Crippen LogP contribution in [0.3, 0.4) is 0 Å². The molecular formula is C14H15N3O2. The Morgan fingerprint density at radius 2 is 2.26 bits per heavy atom. The second kappa shape index (κ2) is 4.50. The fraction of sp³-hybridized carbons (Fsp3) is 0.357. The maximum atomic E-state index is 11.3. The predicted molar refractivity (Wildman–Crippen MR) is 72.3 cm³/mol. The van der Waals surface area contributed by atoms with E-state index in [1.54, 1.807) is 0 Å². The summed E-state index contributed by atoms with van der Waals surface area (Å²) in [5, 5.41) is 10.2. The van der Waals surface area contributed by atoms with Gasteiger partial charge in [-0.2, -0.15) is 0 Å². The van der Waals surface area contributed by atoms with Gasteiger partial charge in [0.25, 0.3) is 0 Å². The van der Waals surface area contributed by atoms with Gasteiger partial charge in [0.05, 0.1) is 5.52 Å². The molecule has 0 radical (unpaired) electrons. The van der Waals surface area contributed by atoms with Crippen molar-refractivity contribution < 1.29 is 9.90 Å². The van der Waals surface area contributed by atoms with Crippen LogP contribution in [0.4, 0.5) is 5.82 Å². The summed E-state index contributed by atoms with van der Waals surface area (Å²) in [6, 6.07) is 5.49. The molecule has 1 aromatic heterocycles. The van der Waals surface area contributed by atoms with Crippen molar-refractivity contribution >= 4 is 22.7 Å². The smallest absolute Gasteiger partial charge is 0.326 e. The number of hydrogen-bond donors (Lipinski definition) is 1. The number of hydrogen-bond acceptors (Lipinski definition) is 4. The van der Waals surface area contributed by atoms with Crippen LogP contribution in [0.5, 0.6) is 0 Å². The number of carboxylic acid groups (broad SMARTS) is 1. The van der Waals surface area contributed by atoms with Gasteiger partial charge in [-0.25, -0.2) is 14.8 Å². The van der Waals surface area contributed by atoms with E-state index < -0.39 is 12.0 Å². The molecule has 3 rings (SSSR count). The monoisotopic (exact) mass is 257 g/mol. The number of fused-ring (bicyclic) bond motifs is 1. The number of aryl methyl sites for hydroxylation is 1. The molecule has 2 heterocycles. The Kier molecular flexibility index (Phi) is 2.81. The first kappa shape index (κ1) is 11.9. The third-order valence-electron chi connectivity index (χ3n) is 3.58. The van der Waals surface area contributed by atoms with Crippen LogP contribution >= 0.6 is 0 Å². The Balaban J connectivity index is 2.14. The van der Waals surface area contributed by atoms with E-state index in [1.807, 2.05) is 30.0 Å². The lowest BCUT2D eigenvalue weighted by Gasteiger charge is -2.23. The van der Waals surface area contributed by atoms with E-state index in [1.165, 1.54) is 6.33 Å². The van der Waals surface area contributed by atoms with Crippen molar-refractivity contribution in [1.82, 2.24) is 9.97 Å². The van der Waals surface area contributed by atoms with Crippen molar-refractivity contribution in [2.45, 2.75) is 25.8 Å². The molecule has 0 saturated carbocycles. The van der Waals surface area contributed by atoms with Crippen molar-refractivity contribution in [2.75, 3.05) is 11.4 Å². The van der Waals surface area contributed by atoms with Crippen molar-refractivity contribution in [2.24, 2.45) is 0 Å². The van der Waals surface area contributed by atoms with Crippen molar-refractivity contribution in [1.29, 1.82) is 0 Å². The van der Waals surface area contributed by atoms with Gasteiger partial charge in [0.15, 0.2) is 0 Å². The summed E-state index contributed by atoms with van der Waals surface area (Å²) in [4.78, 5) is 21.7. The zero-order chi connectivity index (χ0) is 13.4. The Morgan fingerprint density at radius 1 is 1.42 bits per heavy atom. The molecule has 1 atom stereocenters. The minimum atomic E-state index is -0.781. The molecule has 1 N–H and O–H groups in total. The highest BCUT2D eigenvalue weighted by Gasteiger charge is 2.32. The standard InChI is InChI=1S/C14H15N3O2/c1-9-4-5-11-10(7-9)13(16-8-15-11)17-6-2-3-12(17)14(18)19/h4-5,7-8,12H,2-3,6H2,1H3,(H,18,19). The van der Waals surface area contributed by atoms with Crippen LogP contribution in [-0.2, 0) is 4.79 Å². The number of anilines is 1. The van der Waals surface area contributed by atoms with Crippen molar-refractivity contribution in [3.63, 3.8) is 0 Å². The molecule has 2 aromatic rings. The zero-order valence-corrected chi connectivity index (χ0v) is 10.7. The number of rotatable bonds is 2. The number of carbonyl (C=O) groups is 1. The minimum absolute atomic E-state index is 0.474. The fourth-order valence-electron chi connectivity index (χ4n) is 2.66. The SMILES string of the molecule is Cc1ccc2ncnc(N3CCCC3C(=O)O)c2c1. The summed E-state index contributed by atoms with van der Waals surface area (Å²) in [6.07, 6.45) is 3.06. The summed E-state index contributed by atoms with van der Waals surface area (Å²) in [5.74, 6) is -0.0458. The molecule has 19 heavy (non-hydrogen) atoms. The molecule has 1 fully saturated rings. The number of carboxylic acids is 1. The molecular weight excluding hydrogens is 242 g/mol. The van der Waals surface area contributed by atoms with Gasteiger partial charge in [0.2, 0.25) is 0 Å². The number of nitrogens with zero attached hydrogens (tertiary/aromatic N) is 3. The van der Waals surface area contributed by atoms with Gasteiger partial charge in [0.1, 0.15) is 18.2 Å². The average molecular weight is 257 g/mol. The highest BCUT2D eigenvalue weighted by molar-refractivity contribution is 5.92. The van der Waals surface area contributed by atoms with Crippen LogP contribution in [0, 0.1) is 6.92 Å². The molecule has 5 nitrogen and oxygen atoms in total. The second-order valence-corrected chi connectivity index (χ2v) is 4.91. The summed E-state index contributed by atoms with van der Waals surface area (Å²) in [5.41, 5.74) is 1.97. The maximum Gasteiger partial charge on any atom is 0.326 e.